The Balaban J connectivity index is 1.18. The number of anilines is 3. The fourth-order valence-electron chi connectivity index (χ4n) is 10.5. The van der Waals surface area contributed by atoms with Crippen molar-refractivity contribution >= 4 is 76.9 Å². The number of furan rings is 2. The van der Waals surface area contributed by atoms with Crippen LogP contribution in [0, 0.1) is 0 Å². The fraction of sp³-hybridized carbons (Fsp3) is 0.118. The lowest BCUT2D eigenvalue weighted by Gasteiger charge is -2.34. The molecule has 4 heteroatoms. The van der Waals surface area contributed by atoms with Gasteiger partial charge in [-0.1, -0.05) is 191 Å². The Kier molecular flexibility index (Phi) is 11.1. The number of halogens is 1. The van der Waals surface area contributed by atoms with Crippen LogP contribution in [0.3, 0.4) is 0 Å². The van der Waals surface area contributed by atoms with E-state index >= 15 is 0 Å². The maximum absolute atomic E-state index is 6.66. The topological polar surface area (TPSA) is 29.5 Å². The number of nitrogens with zero attached hydrogens (tertiary/aromatic N) is 1. The van der Waals surface area contributed by atoms with Crippen molar-refractivity contribution in [2.45, 2.75) is 52.4 Å². The summed E-state index contributed by atoms with van der Waals surface area (Å²) in [7, 11) is 0. The second kappa shape index (κ2) is 17.7. The highest BCUT2D eigenvalue weighted by molar-refractivity contribution is 9.10. The Morgan fingerprint density at radius 2 is 0.750 bits per heavy atom. The molecule has 0 aliphatic heterocycles. The van der Waals surface area contributed by atoms with Gasteiger partial charge in [-0.25, -0.2) is 0 Å². The lowest BCUT2D eigenvalue weighted by molar-refractivity contribution is 0.589. The zero-order valence-corrected chi connectivity index (χ0v) is 43.0. The minimum Gasteiger partial charge on any atom is -0.456 e. The molecule has 0 atom stereocenters. The number of para-hydroxylation sites is 2. The summed E-state index contributed by atoms with van der Waals surface area (Å²) in [4.78, 5) is 2.50. The normalized spacial score (nSPS) is 12.1. The van der Waals surface area contributed by atoms with Crippen LogP contribution in [0.15, 0.2) is 232 Å². The van der Waals surface area contributed by atoms with Gasteiger partial charge in [-0.05, 0) is 151 Å². The molecule has 2 heterocycles. The minimum absolute atomic E-state index is 0.140. The second-order valence-electron chi connectivity index (χ2n) is 21.1. The largest absolute Gasteiger partial charge is 0.456 e. The van der Waals surface area contributed by atoms with E-state index < -0.39 is 0 Å². The molecule has 10 aromatic carbocycles. The van der Waals surface area contributed by atoms with Crippen LogP contribution < -0.4 is 4.90 Å². The lowest BCUT2D eigenvalue weighted by atomic mass is 9.80. The first-order valence-electron chi connectivity index (χ1n) is 24.8. The quantitative estimate of drug-likeness (QED) is 0.152. The molecule has 2 aromatic heterocycles. The van der Waals surface area contributed by atoms with Gasteiger partial charge in [0.15, 0.2) is 0 Å². The summed E-state index contributed by atoms with van der Waals surface area (Å²) in [6, 6.07) is 79.2. The summed E-state index contributed by atoms with van der Waals surface area (Å²) in [5.41, 5.74) is 20.1. The highest BCUT2D eigenvalue weighted by atomic mass is 79.9. The van der Waals surface area contributed by atoms with Gasteiger partial charge in [-0.3, -0.25) is 0 Å². The van der Waals surface area contributed by atoms with Crippen LogP contribution in [0.25, 0.3) is 99.5 Å². The Labute approximate surface area is 430 Å². The SMILES string of the molecule is CC(C)(C)c1cc(Br)cc(N(c2ccc(-c3cc(-c4ccccc4)cc(-c4ccccc4)c3)cc2)c2c(-c3cccc4oc5ccccc5c34)cc(C(C)(C)C)cc2-c2cccc3oc4ccccc4c23)c1. The first kappa shape index (κ1) is 45.2. The van der Waals surface area contributed by atoms with E-state index in [0.29, 0.717) is 0 Å². The zero-order valence-electron chi connectivity index (χ0n) is 41.4. The second-order valence-corrected chi connectivity index (χ2v) is 22.0. The summed E-state index contributed by atoms with van der Waals surface area (Å²) in [5.74, 6) is 0. The van der Waals surface area contributed by atoms with Gasteiger partial charge in [0.25, 0.3) is 0 Å². The van der Waals surface area contributed by atoms with E-state index in [0.717, 1.165) is 98.8 Å². The molecule has 0 N–H and O–H groups in total. The molecule has 0 saturated carbocycles. The van der Waals surface area contributed by atoms with Gasteiger partial charge in [-0.15, -0.1) is 0 Å². The molecule has 0 fully saturated rings. The predicted molar refractivity (Wildman–Crippen MR) is 308 cm³/mol. The monoisotopic (exact) mass is 995 g/mol. The molecule has 12 rings (SSSR count). The molecule has 0 radical (unpaired) electrons. The van der Waals surface area contributed by atoms with Gasteiger partial charge in [0.1, 0.15) is 22.3 Å². The van der Waals surface area contributed by atoms with E-state index in [4.69, 9.17) is 8.83 Å². The van der Waals surface area contributed by atoms with Gasteiger partial charge >= 0.3 is 0 Å². The van der Waals surface area contributed by atoms with Crippen LogP contribution in [0.5, 0.6) is 0 Å². The molecule has 350 valence electrons. The molecule has 0 spiro atoms. The maximum atomic E-state index is 6.66. The van der Waals surface area contributed by atoms with E-state index in [9.17, 15) is 0 Å². The number of hydrogen-bond acceptors (Lipinski definition) is 3. The van der Waals surface area contributed by atoms with Gasteiger partial charge in [0, 0.05) is 48.5 Å². The van der Waals surface area contributed by atoms with Crippen LogP contribution in [0.4, 0.5) is 17.1 Å². The van der Waals surface area contributed by atoms with Crippen molar-refractivity contribution in [3.8, 4) is 55.6 Å². The van der Waals surface area contributed by atoms with Crippen LogP contribution in [-0.4, -0.2) is 0 Å². The smallest absolute Gasteiger partial charge is 0.136 e. The molecule has 72 heavy (non-hydrogen) atoms. The fourth-order valence-corrected chi connectivity index (χ4v) is 10.9. The summed E-state index contributed by atoms with van der Waals surface area (Å²) < 4.78 is 14.3. The van der Waals surface area contributed by atoms with Gasteiger partial charge in [-0.2, -0.15) is 0 Å². The van der Waals surface area contributed by atoms with E-state index in [1.54, 1.807) is 0 Å². The third-order valence-corrected chi connectivity index (χ3v) is 14.7. The third kappa shape index (κ3) is 8.20. The average Bonchev–Trinajstić information content (AvgIpc) is 3.98. The molecule has 0 aliphatic rings. The van der Waals surface area contributed by atoms with Crippen LogP contribution in [0.1, 0.15) is 52.7 Å². The van der Waals surface area contributed by atoms with Crippen LogP contribution >= 0.6 is 15.9 Å². The van der Waals surface area contributed by atoms with Crippen LogP contribution in [-0.2, 0) is 10.8 Å². The molecule has 0 amide bonds. The van der Waals surface area contributed by atoms with E-state index in [1.165, 1.54) is 33.4 Å². The van der Waals surface area contributed by atoms with Crippen molar-refractivity contribution in [2.75, 3.05) is 4.90 Å². The summed E-state index contributed by atoms with van der Waals surface area (Å²) in [6.07, 6.45) is 0. The van der Waals surface area contributed by atoms with E-state index in [2.05, 4.69) is 281 Å². The molecular weight excluding hydrogens is 943 g/mol. The molecule has 0 aliphatic carbocycles. The molecule has 0 bridgehead atoms. The zero-order chi connectivity index (χ0) is 49.3. The molecule has 0 saturated heterocycles. The Hall–Kier alpha value is -7.92. The molecule has 0 unspecified atom stereocenters. The Bertz CT molecular complexity index is 3810. The first-order chi connectivity index (χ1) is 34.9. The highest BCUT2D eigenvalue weighted by Crippen LogP contribution is 2.53. The van der Waals surface area contributed by atoms with Gasteiger partial charge in [0.2, 0.25) is 0 Å². The highest BCUT2D eigenvalue weighted by Gasteiger charge is 2.30. The van der Waals surface area contributed by atoms with E-state index in [1.807, 2.05) is 0 Å². The lowest BCUT2D eigenvalue weighted by Crippen LogP contribution is -2.18. The van der Waals surface area contributed by atoms with Gasteiger partial charge in [0.05, 0.1) is 5.69 Å². The van der Waals surface area contributed by atoms with Crippen molar-refractivity contribution in [1.82, 2.24) is 0 Å². The number of fused-ring (bicyclic) bond motifs is 6. The van der Waals surface area contributed by atoms with Crippen molar-refractivity contribution < 1.29 is 8.83 Å². The summed E-state index contributed by atoms with van der Waals surface area (Å²) >= 11 is 4.04. The third-order valence-electron chi connectivity index (χ3n) is 14.2. The van der Waals surface area contributed by atoms with Crippen LogP contribution in [0.2, 0.25) is 0 Å². The predicted octanol–water partition coefficient (Wildman–Crippen LogP) is 20.6. The number of hydrogen-bond donors (Lipinski definition) is 0. The first-order valence-corrected chi connectivity index (χ1v) is 25.6. The van der Waals surface area contributed by atoms with Crippen molar-refractivity contribution in [3.63, 3.8) is 0 Å². The summed E-state index contributed by atoms with van der Waals surface area (Å²) in [6.45, 7) is 13.8. The van der Waals surface area contributed by atoms with Crippen molar-refractivity contribution in [3.05, 3.63) is 234 Å². The molecule has 12 aromatic rings. The minimum atomic E-state index is -0.213. The standard InChI is InChI=1S/C68H54BrNO2/c1-67(2,3)49-38-51(69)42-53(39-49)70(52-33-31-45(32-34-52)48-36-46(43-19-9-7-10-20-43)35-47(37-48)44-21-11-8-12-22-44)66-58(54-25-17-29-62-64(54)56-23-13-15-27-60(56)71-62)40-50(68(4,5)6)41-59(66)55-26-18-30-63-65(55)57-24-14-16-28-61(57)72-63/h7-42H,1-6H3. The maximum Gasteiger partial charge on any atom is 0.136 e. The average molecular weight is 997 g/mol. The van der Waals surface area contributed by atoms with Crippen molar-refractivity contribution in [2.24, 2.45) is 0 Å². The van der Waals surface area contributed by atoms with Crippen molar-refractivity contribution in [1.29, 1.82) is 0 Å². The number of rotatable bonds is 8. The van der Waals surface area contributed by atoms with E-state index in [-0.39, 0.29) is 10.8 Å². The number of benzene rings is 10. The molecular formula is C68H54BrNO2. The Morgan fingerprint density at radius 3 is 1.22 bits per heavy atom. The van der Waals surface area contributed by atoms with Gasteiger partial charge < -0.3 is 13.7 Å². The summed E-state index contributed by atoms with van der Waals surface area (Å²) in [5, 5.41) is 4.35. The molecule has 3 nitrogen and oxygen atoms in total. The Morgan fingerprint density at radius 1 is 0.333 bits per heavy atom.